The average molecular weight is 598 g/mol. The first-order valence-corrected chi connectivity index (χ1v) is 15.3. The van der Waals surface area contributed by atoms with Crippen molar-refractivity contribution in [2.24, 2.45) is 5.92 Å². The van der Waals surface area contributed by atoms with E-state index >= 15 is 0 Å². The van der Waals surface area contributed by atoms with Crippen LogP contribution in [-0.2, 0) is 21.4 Å². The molecular formula is C29H24FN9O3S. The Bertz CT molecular complexity index is 2160. The van der Waals surface area contributed by atoms with Gasteiger partial charge in [0.2, 0.25) is 15.9 Å². The quantitative estimate of drug-likeness (QED) is 0.203. The van der Waals surface area contributed by atoms with Crippen LogP contribution >= 0.6 is 0 Å². The van der Waals surface area contributed by atoms with E-state index in [0.717, 1.165) is 30.0 Å². The Balaban J connectivity index is 1.25. The van der Waals surface area contributed by atoms with Crippen molar-refractivity contribution in [2.75, 3.05) is 11.6 Å². The second-order valence-corrected chi connectivity index (χ2v) is 12.3. The fraction of sp³-hybridized carbons (Fsp3) is 0.172. The number of imidazole rings is 1. The Morgan fingerprint density at radius 1 is 1.07 bits per heavy atom. The van der Waals surface area contributed by atoms with Crippen LogP contribution in [0.2, 0.25) is 0 Å². The van der Waals surface area contributed by atoms with Gasteiger partial charge in [0.15, 0.2) is 11.5 Å². The van der Waals surface area contributed by atoms with Gasteiger partial charge >= 0.3 is 0 Å². The summed E-state index contributed by atoms with van der Waals surface area (Å²) < 4.78 is 40.1. The number of sulfonamides is 1. The highest BCUT2D eigenvalue weighted by atomic mass is 32.2. The van der Waals surface area contributed by atoms with Crippen LogP contribution in [0, 0.1) is 11.7 Å². The second kappa shape index (κ2) is 10.3. The number of pyridine rings is 3. The molecule has 6 aromatic rings. The zero-order chi connectivity index (χ0) is 29.7. The SMILES string of the molecule is CS(=O)(=O)NCc1cc(F)cc(-c2ccnc3[nH]c(-c4n[nH]c5cnc(-c6cncc(NC(=O)C7CC7)c6)cc45)nc23)c1. The number of benzene rings is 1. The van der Waals surface area contributed by atoms with Crippen molar-refractivity contribution < 1.29 is 17.6 Å². The minimum Gasteiger partial charge on any atom is -0.324 e. The van der Waals surface area contributed by atoms with Crippen LogP contribution in [0.5, 0.6) is 0 Å². The molecular weight excluding hydrogens is 573 g/mol. The van der Waals surface area contributed by atoms with Gasteiger partial charge in [0.1, 0.15) is 17.0 Å². The number of carbonyl (C=O) groups is 1. The van der Waals surface area contributed by atoms with Crippen molar-refractivity contribution in [1.29, 1.82) is 0 Å². The van der Waals surface area contributed by atoms with E-state index in [-0.39, 0.29) is 18.4 Å². The minimum atomic E-state index is -3.45. The average Bonchev–Trinajstić information content (AvgIpc) is 3.61. The first-order valence-electron chi connectivity index (χ1n) is 13.4. The van der Waals surface area contributed by atoms with Crippen LogP contribution in [0.25, 0.3) is 56.0 Å². The summed E-state index contributed by atoms with van der Waals surface area (Å²) in [7, 11) is -3.45. The lowest BCUT2D eigenvalue weighted by atomic mass is 10.0. The van der Waals surface area contributed by atoms with Gasteiger partial charge in [-0.2, -0.15) is 5.10 Å². The van der Waals surface area contributed by atoms with Gasteiger partial charge in [-0.25, -0.2) is 27.5 Å². The van der Waals surface area contributed by atoms with Crippen molar-refractivity contribution in [3.63, 3.8) is 0 Å². The summed E-state index contributed by atoms with van der Waals surface area (Å²) in [6, 6.07) is 9.78. The van der Waals surface area contributed by atoms with Crippen LogP contribution in [0.15, 0.2) is 61.2 Å². The summed E-state index contributed by atoms with van der Waals surface area (Å²) in [6.07, 6.45) is 9.40. The summed E-state index contributed by atoms with van der Waals surface area (Å²) in [5.41, 5.74) is 5.76. The second-order valence-electron chi connectivity index (χ2n) is 10.5. The largest absolute Gasteiger partial charge is 0.324 e. The molecule has 5 aromatic heterocycles. The van der Waals surface area contributed by atoms with Gasteiger partial charge in [-0.05, 0) is 60.4 Å². The molecule has 0 radical (unpaired) electrons. The normalized spacial score (nSPS) is 13.5. The number of fused-ring (bicyclic) bond motifs is 2. The van der Waals surface area contributed by atoms with Gasteiger partial charge in [-0.3, -0.25) is 19.9 Å². The van der Waals surface area contributed by atoms with Gasteiger partial charge in [0.25, 0.3) is 0 Å². The number of aromatic amines is 2. The third-order valence-electron chi connectivity index (χ3n) is 7.11. The third-order valence-corrected chi connectivity index (χ3v) is 7.78. The molecule has 0 aliphatic heterocycles. The van der Waals surface area contributed by atoms with Crippen LogP contribution in [0.4, 0.5) is 10.1 Å². The predicted molar refractivity (Wildman–Crippen MR) is 158 cm³/mol. The molecule has 0 spiro atoms. The lowest BCUT2D eigenvalue weighted by molar-refractivity contribution is -0.117. The van der Waals surface area contributed by atoms with E-state index in [1.54, 1.807) is 36.9 Å². The molecule has 4 N–H and O–H groups in total. The number of carbonyl (C=O) groups excluding carboxylic acids is 1. The summed E-state index contributed by atoms with van der Waals surface area (Å²) in [6.45, 7) is -0.0510. The van der Waals surface area contributed by atoms with Crippen molar-refractivity contribution in [3.8, 4) is 33.9 Å². The number of halogens is 1. The van der Waals surface area contributed by atoms with Crippen molar-refractivity contribution in [1.82, 2.24) is 39.8 Å². The maximum Gasteiger partial charge on any atom is 0.227 e. The molecule has 0 saturated heterocycles. The number of amides is 1. The molecule has 7 rings (SSSR count). The number of nitrogens with one attached hydrogen (secondary N) is 4. The molecule has 216 valence electrons. The molecule has 1 fully saturated rings. The van der Waals surface area contributed by atoms with E-state index in [0.29, 0.717) is 56.3 Å². The van der Waals surface area contributed by atoms with Gasteiger partial charge in [0, 0.05) is 41.4 Å². The van der Waals surface area contributed by atoms with Crippen LogP contribution < -0.4 is 10.0 Å². The summed E-state index contributed by atoms with van der Waals surface area (Å²) >= 11 is 0. The number of anilines is 1. The standard InChI is InChI=1S/C29H24FN9O3S/c1-43(41,42)34-11-15-6-17(8-19(30)7-15)21-4-5-32-27-25(21)36-28(37-27)26-22-10-23(33-14-24(22)38-39-26)18-9-20(13-31-12-18)35-29(40)16-2-3-16/h4-10,12-14,16,34H,2-3,11H2,1H3,(H,35,40)(H,38,39)(H,32,36,37). The van der Waals surface area contributed by atoms with Gasteiger partial charge in [-0.1, -0.05) is 0 Å². The number of H-pyrrole nitrogens is 2. The molecule has 0 bridgehead atoms. The van der Waals surface area contributed by atoms with Gasteiger partial charge in [0.05, 0.1) is 35.5 Å². The molecule has 0 atom stereocenters. The van der Waals surface area contributed by atoms with Crippen LogP contribution in [0.1, 0.15) is 18.4 Å². The van der Waals surface area contributed by atoms with E-state index < -0.39 is 15.8 Å². The zero-order valence-electron chi connectivity index (χ0n) is 22.7. The monoisotopic (exact) mass is 597 g/mol. The number of rotatable bonds is 8. The number of nitrogens with zero attached hydrogens (tertiary/aromatic N) is 5. The fourth-order valence-electron chi connectivity index (χ4n) is 4.87. The van der Waals surface area contributed by atoms with E-state index in [4.69, 9.17) is 4.98 Å². The lowest BCUT2D eigenvalue weighted by Crippen LogP contribution is -2.21. The molecule has 1 aliphatic carbocycles. The highest BCUT2D eigenvalue weighted by molar-refractivity contribution is 7.88. The van der Waals surface area contributed by atoms with Crippen LogP contribution in [0.3, 0.4) is 0 Å². The highest BCUT2D eigenvalue weighted by Gasteiger charge is 2.29. The first kappa shape index (κ1) is 26.8. The molecule has 5 heterocycles. The Hall–Kier alpha value is -5.08. The third kappa shape index (κ3) is 5.57. The Morgan fingerprint density at radius 2 is 1.93 bits per heavy atom. The number of hydrogen-bond acceptors (Lipinski definition) is 8. The highest BCUT2D eigenvalue weighted by Crippen LogP contribution is 2.33. The van der Waals surface area contributed by atoms with Gasteiger partial charge < -0.3 is 10.3 Å². The van der Waals surface area contributed by atoms with E-state index in [1.807, 2.05) is 12.1 Å². The predicted octanol–water partition coefficient (Wildman–Crippen LogP) is 4.16. The molecule has 0 unspecified atom stereocenters. The smallest absolute Gasteiger partial charge is 0.227 e. The topological polar surface area (TPSA) is 171 Å². The van der Waals surface area contributed by atoms with Gasteiger partial charge in [-0.15, -0.1) is 0 Å². The van der Waals surface area contributed by atoms with E-state index in [9.17, 15) is 17.6 Å². The van der Waals surface area contributed by atoms with Crippen molar-refractivity contribution in [3.05, 3.63) is 72.6 Å². The maximum absolute atomic E-state index is 14.6. The first-order chi connectivity index (χ1) is 20.7. The Morgan fingerprint density at radius 3 is 2.74 bits per heavy atom. The molecule has 1 aliphatic rings. The molecule has 1 amide bonds. The lowest BCUT2D eigenvalue weighted by Gasteiger charge is -2.08. The number of aromatic nitrogens is 7. The minimum absolute atomic E-state index is 0.00242. The fourth-order valence-corrected chi connectivity index (χ4v) is 5.30. The van der Waals surface area contributed by atoms with Crippen molar-refractivity contribution >= 4 is 43.7 Å². The molecule has 1 saturated carbocycles. The maximum atomic E-state index is 14.6. The molecule has 12 nitrogen and oxygen atoms in total. The Labute approximate surface area is 244 Å². The summed E-state index contributed by atoms with van der Waals surface area (Å²) in [5.74, 6) is 0.00692. The molecule has 1 aromatic carbocycles. The summed E-state index contributed by atoms with van der Waals surface area (Å²) in [4.78, 5) is 33.5. The van der Waals surface area contributed by atoms with Crippen molar-refractivity contribution in [2.45, 2.75) is 19.4 Å². The molecule has 14 heteroatoms. The van der Waals surface area contributed by atoms with Crippen LogP contribution in [-0.4, -0.2) is 55.7 Å². The van der Waals surface area contributed by atoms with E-state index in [1.165, 1.54) is 12.1 Å². The summed E-state index contributed by atoms with van der Waals surface area (Å²) in [5, 5.41) is 11.1. The van der Waals surface area contributed by atoms with E-state index in [2.05, 4.69) is 40.2 Å². The zero-order valence-corrected chi connectivity index (χ0v) is 23.5. The Kier molecular flexibility index (Phi) is 6.43. The number of hydrogen-bond donors (Lipinski definition) is 4. The molecule has 43 heavy (non-hydrogen) atoms.